The molecule has 4 N–H and O–H groups in total. The molecule has 10 heteroatoms. The number of benzene rings is 1. The van der Waals surface area contributed by atoms with Crippen molar-refractivity contribution < 1.29 is 18.7 Å². The number of aromatic nitrogens is 2. The number of amides is 1. The Kier molecular flexibility index (Phi) is 4.93. The molecule has 0 bridgehead atoms. The topological polar surface area (TPSA) is 109 Å². The molecular weight excluding hydrogens is 439 g/mol. The van der Waals surface area contributed by atoms with Crippen LogP contribution in [0.3, 0.4) is 0 Å². The molecule has 5 unspecified atom stereocenters. The molecule has 3 heterocycles. The summed E-state index contributed by atoms with van der Waals surface area (Å²) in [6, 6.07) is 5.74. The van der Waals surface area contributed by atoms with Gasteiger partial charge in [-0.1, -0.05) is 0 Å². The smallest absolute Gasteiger partial charge is 0.235 e. The third-order valence-corrected chi connectivity index (χ3v) is 8.14. The Morgan fingerprint density at radius 1 is 1.18 bits per heavy atom. The zero-order valence-corrected chi connectivity index (χ0v) is 19.4. The van der Waals surface area contributed by atoms with Gasteiger partial charge in [-0.2, -0.15) is 0 Å². The van der Waals surface area contributed by atoms with E-state index >= 15 is 4.39 Å². The summed E-state index contributed by atoms with van der Waals surface area (Å²) in [5, 5.41) is 6.37. The number of hydrogen-bond donors (Lipinski definition) is 4. The monoisotopic (exact) mass is 468 g/mol. The Balaban J connectivity index is 1.19. The maximum absolute atomic E-state index is 15.7. The van der Waals surface area contributed by atoms with Crippen molar-refractivity contribution in [3.05, 3.63) is 35.8 Å². The third-order valence-electron chi connectivity index (χ3n) is 8.14. The van der Waals surface area contributed by atoms with Crippen LogP contribution in [-0.2, 0) is 10.2 Å². The van der Waals surface area contributed by atoms with Crippen LogP contribution in [0.25, 0.3) is 0 Å². The molecule has 2 aliphatic heterocycles. The van der Waals surface area contributed by atoms with Gasteiger partial charge in [-0.3, -0.25) is 10.2 Å². The average molecular weight is 469 g/mol. The highest BCUT2D eigenvalue weighted by atomic mass is 19.1. The number of ether oxygens (including phenoxy) is 2. The molecule has 34 heavy (non-hydrogen) atoms. The highest BCUT2D eigenvalue weighted by molar-refractivity contribution is 6.09. The number of alkyl halides is 1. The summed E-state index contributed by atoms with van der Waals surface area (Å²) in [7, 11) is 3.19. The zero-order chi connectivity index (χ0) is 23.6. The van der Waals surface area contributed by atoms with Crippen molar-refractivity contribution >= 4 is 17.4 Å². The predicted octanol–water partition coefficient (Wildman–Crippen LogP) is 2.29. The quantitative estimate of drug-likeness (QED) is 0.529. The van der Waals surface area contributed by atoms with Crippen molar-refractivity contribution in [2.75, 3.05) is 24.9 Å². The van der Waals surface area contributed by atoms with Crippen LogP contribution in [-0.4, -0.2) is 48.5 Å². The molecule has 180 valence electrons. The largest absolute Gasteiger partial charge is 0.497 e. The van der Waals surface area contributed by atoms with Gasteiger partial charge in [0.2, 0.25) is 5.91 Å². The molecule has 1 aromatic carbocycles. The van der Waals surface area contributed by atoms with Crippen molar-refractivity contribution in [3.8, 4) is 11.5 Å². The van der Waals surface area contributed by atoms with Gasteiger partial charge in [-0.15, -0.1) is 0 Å². The van der Waals surface area contributed by atoms with Crippen molar-refractivity contribution in [2.24, 2.45) is 17.8 Å². The van der Waals surface area contributed by atoms with Gasteiger partial charge >= 0.3 is 0 Å². The van der Waals surface area contributed by atoms with Gasteiger partial charge in [0.25, 0.3) is 0 Å². The van der Waals surface area contributed by atoms with E-state index in [4.69, 9.17) is 9.47 Å². The van der Waals surface area contributed by atoms with E-state index in [-0.39, 0.29) is 35.9 Å². The van der Waals surface area contributed by atoms with Gasteiger partial charge in [0.05, 0.1) is 32.0 Å². The summed E-state index contributed by atoms with van der Waals surface area (Å²) >= 11 is 0. The molecule has 2 aliphatic carbocycles. The van der Waals surface area contributed by atoms with Crippen molar-refractivity contribution in [1.82, 2.24) is 20.8 Å². The molecule has 1 spiro atoms. The lowest BCUT2D eigenvalue weighted by Crippen LogP contribution is -2.44. The number of hydrazine groups is 1. The normalized spacial score (nSPS) is 35.5. The van der Waals surface area contributed by atoms with E-state index < -0.39 is 11.6 Å². The molecule has 1 aromatic heterocycles. The van der Waals surface area contributed by atoms with Crippen LogP contribution < -0.4 is 31.0 Å². The minimum atomic E-state index is -0.992. The van der Waals surface area contributed by atoms with Crippen LogP contribution >= 0.6 is 0 Å². The van der Waals surface area contributed by atoms with Gasteiger partial charge in [0.1, 0.15) is 17.7 Å². The summed E-state index contributed by atoms with van der Waals surface area (Å²) < 4.78 is 26.5. The van der Waals surface area contributed by atoms with E-state index in [9.17, 15) is 4.79 Å². The standard InChI is InChI=1S/C24H29FN6O3/c1-11-26-10-20(34-3)22(27-11)29-21-14-7-17(25)13(8-19(14)30-31-21)16-9-24(16)15-6-12(33-2)4-5-18(15)28-23(24)32/h4-6,10,13-14,16-17,19,21,30-31H,7-9H2,1-3H3,(H,28,32)(H,26,27,29)/t13?,14?,16-,17?,19?,21?,24-/m0/s1. The lowest BCUT2D eigenvalue weighted by molar-refractivity contribution is -0.118. The molecule has 1 amide bonds. The Bertz CT molecular complexity index is 1150. The summed E-state index contributed by atoms with van der Waals surface area (Å²) in [4.78, 5) is 21.6. The van der Waals surface area contributed by atoms with Crippen molar-refractivity contribution in [2.45, 2.75) is 50.0 Å². The second kappa shape index (κ2) is 7.78. The Hall–Kier alpha value is -2.98. The van der Waals surface area contributed by atoms with E-state index in [0.717, 1.165) is 11.3 Å². The van der Waals surface area contributed by atoms with Crippen molar-refractivity contribution in [1.29, 1.82) is 0 Å². The summed E-state index contributed by atoms with van der Waals surface area (Å²) in [6.45, 7) is 1.81. The lowest BCUT2D eigenvalue weighted by atomic mass is 9.73. The van der Waals surface area contributed by atoms with Gasteiger partial charge in [-0.05, 0) is 61.8 Å². The van der Waals surface area contributed by atoms with Gasteiger partial charge in [0.15, 0.2) is 11.6 Å². The SMILES string of the molecule is COc1ccc2c(c1)[C@]1(C[C@H]1C1CC3NNC(Nc4nc(C)ncc4OC)C3CC1F)C(=O)N2. The van der Waals surface area contributed by atoms with Gasteiger partial charge in [0, 0.05) is 17.6 Å². The maximum atomic E-state index is 15.7. The second-order valence-corrected chi connectivity index (χ2v) is 9.81. The first-order valence-electron chi connectivity index (χ1n) is 11.7. The van der Waals surface area contributed by atoms with Gasteiger partial charge < -0.3 is 20.1 Å². The summed E-state index contributed by atoms with van der Waals surface area (Å²) in [6.07, 6.45) is 2.18. The molecule has 6 rings (SSSR count). The van der Waals surface area contributed by atoms with Crippen LogP contribution in [0.4, 0.5) is 15.9 Å². The fourth-order valence-corrected chi connectivity index (χ4v) is 6.33. The third kappa shape index (κ3) is 3.15. The molecule has 2 saturated carbocycles. The lowest BCUT2D eigenvalue weighted by Gasteiger charge is -2.36. The number of carbonyl (C=O) groups is 1. The number of hydrogen-bond acceptors (Lipinski definition) is 8. The number of rotatable bonds is 5. The van der Waals surface area contributed by atoms with E-state index in [0.29, 0.717) is 42.4 Å². The molecule has 1 saturated heterocycles. The molecule has 0 radical (unpaired) electrons. The van der Waals surface area contributed by atoms with E-state index in [2.05, 4.69) is 31.5 Å². The van der Waals surface area contributed by atoms with Crippen LogP contribution in [0.2, 0.25) is 0 Å². The van der Waals surface area contributed by atoms with E-state index in [1.165, 1.54) is 0 Å². The number of nitrogens with one attached hydrogen (secondary N) is 4. The van der Waals surface area contributed by atoms with Crippen LogP contribution in [0, 0.1) is 24.7 Å². The first kappa shape index (κ1) is 21.5. The average Bonchev–Trinajstić information content (AvgIpc) is 3.38. The molecule has 7 atom stereocenters. The molecular formula is C24H29FN6O3. The number of aryl methyl sites for hydroxylation is 1. The Morgan fingerprint density at radius 2 is 2.03 bits per heavy atom. The summed E-state index contributed by atoms with van der Waals surface area (Å²) in [5.74, 6) is 2.28. The van der Waals surface area contributed by atoms with Crippen LogP contribution in [0.15, 0.2) is 24.4 Å². The maximum Gasteiger partial charge on any atom is 0.235 e. The minimum absolute atomic E-state index is 0.0154. The number of carbonyl (C=O) groups excluding carboxylic acids is 1. The predicted molar refractivity (Wildman–Crippen MR) is 123 cm³/mol. The highest BCUT2D eigenvalue weighted by Crippen LogP contribution is 2.65. The summed E-state index contributed by atoms with van der Waals surface area (Å²) in [5.41, 5.74) is 7.76. The number of anilines is 2. The van der Waals surface area contributed by atoms with E-state index in [1.54, 1.807) is 20.4 Å². The fourth-order valence-electron chi connectivity index (χ4n) is 6.33. The second-order valence-electron chi connectivity index (χ2n) is 9.81. The highest BCUT2D eigenvalue weighted by Gasteiger charge is 2.68. The molecule has 9 nitrogen and oxygen atoms in total. The zero-order valence-electron chi connectivity index (χ0n) is 19.4. The first-order valence-corrected chi connectivity index (χ1v) is 11.7. The number of methoxy groups -OCH3 is 2. The van der Waals surface area contributed by atoms with Crippen LogP contribution in [0.5, 0.6) is 11.5 Å². The van der Waals surface area contributed by atoms with Gasteiger partial charge in [-0.25, -0.2) is 19.8 Å². The minimum Gasteiger partial charge on any atom is -0.497 e. The van der Waals surface area contributed by atoms with E-state index in [1.807, 2.05) is 25.1 Å². The molecule has 2 aromatic rings. The number of nitrogens with zero attached hydrogens (tertiary/aromatic N) is 2. The Morgan fingerprint density at radius 3 is 2.82 bits per heavy atom. The molecule has 4 aliphatic rings. The number of fused-ring (bicyclic) bond motifs is 3. The van der Waals surface area contributed by atoms with Crippen molar-refractivity contribution in [3.63, 3.8) is 0 Å². The first-order chi connectivity index (χ1) is 16.4. The molecule has 3 fully saturated rings. The fraction of sp³-hybridized carbons (Fsp3) is 0.542. The Labute approximate surface area is 197 Å². The van der Waals surface area contributed by atoms with Crippen LogP contribution in [0.1, 0.15) is 30.7 Å². The number of halogens is 1.